The fraction of sp³-hybridized carbons (Fsp3) is 0.400. The average molecular weight is 227 g/mol. The molecular weight excluding hydrogens is 216 g/mol. The number of nitrogens with zero attached hydrogens (tertiary/aromatic N) is 2. The average Bonchev–Trinajstić information content (AvgIpc) is 2.67. The van der Waals surface area contributed by atoms with Gasteiger partial charge in [0, 0.05) is 12.7 Å². The summed E-state index contributed by atoms with van der Waals surface area (Å²) < 4.78 is 0. The van der Waals surface area contributed by atoms with E-state index in [1.54, 1.807) is 23.2 Å². The molecular formula is C10H11ClN2O2. The van der Waals surface area contributed by atoms with Gasteiger partial charge < -0.3 is 10.0 Å². The predicted octanol–water partition coefficient (Wildman–Crippen LogP) is 1.79. The smallest absolute Gasteiger partial charge is 0.326 e. The molecule has 0 bridgehead atoms. The maximum Gasteiger partial charge on any atom is 0.326 e. The number of anilines is 1. The quantitative estimate of drug-likeness (QED) is 0.836. The molecule has 1 aliphatic rings. The normalized spacial score (nSPS) is 20.6. The molecule has 5 heteroatoms. The highest BCUT2D eigenvalue weighted by Gasteiger charge is 2.32. The van der Waals surface area contributed by atoms with E-state index in [0.29, 0.717) is 23.8 Å². The molecule has 2 rings (SSSR count). The van der Waals surface area contributed by atoms with E-state index in [-0.39, 0.29) is 0 Å². The van der Waals surface area contributed by atoms with Crippen LogP contribution in [-0.2, 0) is 4.79 Å². The van der Waals surface area contributed by atoms with Crippen molar-refractivity contribution in [1.29, 1.82) is 0 Å². The van der Waals surface area contributed by atoms with E-state index in [4.69, 9.17) is 16.7 Å². The third kappa shape index (κ3) is 1.90. The maximum atomic E-state index is 11.0. The molecule has 0 saturated carbocycles. The first-order valence-electron chi connectivity index (χ1n) is 4.80. The Kier molecular flexibility index (Phi) is 2.77. The Bertz CT molecular complexity index is 383. The molecule has 80 valence electrons. The van der Waals surface area contributed by atoms with E-state index in [1.165, 1.54) is 0 Å². The van der Waals surface area contributed by atoms with Gasteiger partial charge >= 0.3 is 5.97 Å². The fourth-order valence-electron chi connectivity index (χ4n) is 1.87. The van der Waals surface area contributed by atoms with Gasteiger partial charge in [-0.25, -0.2) is 9.78 Å². The van der Waals surface area contributed by atoms with Crippen molar-refractivity contribution in [2.24, 2.45) is 0 Å². The van der Waals surface area contributed by atoms with Crippen molar-refractivity contribution >= 4 is 23.4 Å². The SMILES string of the molecule is O=C(O)[C@H]1CCCN1c1ncccc1Cl. The molecule has 0 aromatic carbocycles. The second-order valence-electron chi connectivity index (χ2n) is 3.50. The summed E-state index contributed by atoms with van der Waals surface area (Å²) in [6, 6.07) is 2.97. The molecule has 0 radical (unpaired) electrons. The Morgan fingerprint density at radius 3 is 3.13 bits per heavy atom. The number of carbonyl (C=O) groups is 1. The highest BCUT2D eigenvalue weighted by atomic mass is 35.5. The lowest BCUT2D eigenvalue weighted by molar-refractivity contribution is -0.138. The van der Waals surface area contributed by atoms with E-state index < -0.39 is 12.0 Å². The lowest BCUT2D eigenvalue weighted by Gasteiger charge is -2.23. The summed E-state index contributed by atoms with van der Waals surface area (Å²) in [5, 5.41) is 9.53. The molecule has 1 fully saturated rings. The second-order valence-corrected chi connectivity index (χ2v) is 3.91. The Balaban J connectivity index is 2.30. The summed E-state index contributed by atoms with van der Waals surface area (Å²) in [7, 11) is 0. The van der Waals surface area contributed by atoms with Crippen LogP contribution in [0.1, 0.15) is 12.8 Å². The van der Waals surface area contributed by atoms with Crippen molar-refractivity contribution in [3.63, 3.8) is 0 Å². The maximum absolute atomic E-state index is 11.0. The molecule has 0 spiro atoms. The number of carboxylic acid groups (broad SMARTS) is 1. The summed E-state index contributed by atoms with van der Waals surface area (Å²) in [5.74, 6) is -0.238. The van der Waals surface area contributed by atoms with E-state index in [0.717, 1.165) is 6.42 Å². The van der Waals surface area contributed by atoms with Gasteiger partial charge in [-0.2, -0.15) is 0 Å². The van der Waals surface area contributed by atoms with Gasteiger partial charge in [-0.1, -0.05) is 11.6 Å². The standard InChI is InChI=1S/C10H11ClN2O2/c11-7-3-1-5-12-9(7)13-6-2-4-8(13)10(14)15/h1,3,5,8H,2,4,6H2,(H,14,15)/t8-/m1/s1. The van der Waals surface area contributed by atoms with Gasteiger partial charge in [0.05, 0.1) is 5.02 Å². The summed E-state index contributed by atoms with van der Waals surface area (Å²) in [4.78, 5) is 16.9. The molecule has 1 atom stereocenters. The molecule has 1 aromatic rings. The first-order valence-corrected chi connectivity index (χ1v) is 5.18. The van der Waals surface area contributed by atoms with Crippen LogP contribution in [0, 0.1) is 0 Å². The van der Waals surface area contributed by atoms with E-state index in [1.807, 2.05) is 0 Å². The van der Waals surface area contributed by atoms with Crippen LogP contribution in [0.25, 0.3) is 0 Å². The molecule has 0 aliphatic carbocycles. The minimum atomic E-state index is -0.811. The van der Waals surface area contributed by atoms with Crippen LogP contribution >= 0.6 is 11.6 Å². The Hall–Kier alpha value is -1.29. The van der Waals surface area contributed by atoms with Crippen LogP contribution in [0.15, 0.2) is 18.3 Å². The minimum Gasteiger partial charge on any atom is -0.480 e. The summed E-state index contributed by atoms with van der Waals surface area (Å²) in [6.45, 7) is 0.702. The zero-order valence-electron chi connectivity index (χ0n) is 8.06. The summed E-state index contributed by atoms with van der Waals surface area (Å²) >= 11 is 5.98. The Morgan fingerprint density at radius 1 is 1.67 bits per heavy atom. The van der Waals surface area contributed by atoms with Crippen LogP contribution in [-0.4, -0.2) is 28.6 Å². The van der Waals surface area contributed by atoms with Crippen molar-refractivity contribution in [2.75, 3.05) is 11.4 Å². The highest BCUT2D eigenvalue weighted by Crippen LogP contribution is 2.29. The van der Waals surface area contributed by atoms with Crippen LogP contribution in [0.5, 0.6) is 0 Å². The zero-order chi connectivity index (χ0) is 10.8. The van der Waals surface area contributed by atoms with Gasteiger partial charge in [-0.3, -0.25) is 0 Å². The molecule has 1 aliphatic heterocycles. The van der Waals surface area contributed by atoms with E-state index in [9.17, 15) is 4.79 Å². The third-order valence-corrected chi connectivity index (χ3v) is 2.84. The van der Waals surface area contributed by atoms with Gasteiger partial charge in [0.2, 0.25) is 0 Å². The zero-order valence-corrected chi connectivity index (χ0v) is 8.81. The molecule has 1 saturated heterocycles. The van der Waals surface area contributed by atoms with Crippen molar-refractivity contribution < 1.29 is 9.90 Å². The molecule has 1 N–H and O–H groups in total. The van der Waals surface area contributed by atoms with Gasteiger partial charge in [0.25, 0.3) is 0 Å². The summed E-state index contributed by atoms with van der Waals surface area (Å²) in [5.41, 5.74) is 0. The van der Waals surface area contributed by atoms with E-state index >= 15 is 0 Å². The van der Waals surface area contributed by atoms with Crippen molar-refractivity contribution in [3.8, 4) is 0 Å². The molecule has 15 heavy (non-hydrogen) atoms. The third-order valence-electron chi connectivity index (χ3n) is 2.55. The fourth-order valence-corrected chi connectivity index (χ4v) is 2.10. The number of aromatic nitrogens is 1. The van der Waals surface area contributed by atoms with Gasteiger partial charge in [0.15, 0.2) is 0 Å². The number of hydrogen-bond donors (Lipinski definition) is 1. The topological polar surface area (TPSA) is 53.4 Å². The minimum absolute atomic E-state index is 0.489. The number of aliphatic carboxylic acids is 1. The first kappa shape index (κ1) is 10.2. The monoisotopic (exact) mass is 226 g/mol. The molecule has 2 heterocycles. The Labute approximate surface area is 92.5 Å². The van der Waals surface area contributed by atoms with Crippen molar-refractivity contribution in [3.05, 3.63) is 23.4 Å². The largest absolute Gasteiger partial charge is 0.480 e. The number of halogens is 1. The molecule has 0 unspecified atom stereocenters. The van der Waals surface area contributed by atoms with Crippen molar-refractivity contribution in [1.82, 2.24) is 4.98 Å². The van der Waals surface area contributed by atoms with Gasteiger partial charge in [-0.15, -0.1) is 0 Å². The molecule has 0 amide bonds. The lowest BCUT2D eigenvalue weighted by atomic mass is 10.2. The first-order chi connectivity index (χ1) is 7.20. The summed E-state index contributed by atoms with van der Waals surface area (Å²) in [6.07, 6.45) is 3.14. The van der Waals surface area contributed by atoms with Crippen LogP contribution < -0.4 is 4.90 Å². The van der Waals surface area contributed by atoms with Crippen molar-refractivity contribution in [2.45, 2.75) is 18.9 Å². The van der Waals surface area contributed by atoms with Gasteiger partial charge in [0.1, 0.15) is 11.9 Å². The molecule has 1 aromatic heterocycles. The van der Waals surface area contributed by atoms with Crippen LogP contribution in [0.2, 0.25) is 5.02 Å². The van der Waals surface area contributed by atoms with Gasteiger partial charge in [-0.05, 0) is 25.0 Å². The van der Waals surface area contributed by atoms with Crippen LogP contribution in [0.3, 0.4) is 0 Å². The second kappa shape index (κ2) is 4.06. The van der Waals surface area contributed by atoms with Crippen LogP contribution in [0.4, 0.5) is 5.82 Å². The number of pyridine rings is 1. The Morgan fingerprint density at radius 2 is 2.47 bits per heavy atom. The predicted molar refractivity (Wildman–Crippen MR) is 57.3 cm³/mol. The number of carboxylic acids is 1. The molecule has 4 nitrogen and oxygen atoms in total. The van der Waals surface area contributed by atoms with E-state index in [2.05, 4.69) is 4.98 Å². The number of hydrogen-bond acceptors (Lipinski definition) is 3. The highest BCUT2D eigenvalue weighted by molar-refractivity contribution is 6.33. The lowest BCUT2D eigenvalue weighted by Crippen LogP contribution is -2.36. The number of rotatable bonds is 2.